The number of fused-ring (bicyclic) bond motifs is 11. The van der Waals surface area contributed by atoms with Crippen molar-refractivity contribution in [1.82, 2.24) is 9.97 Å². The Morgan fingerprint density at radius 3 is 2.07 bits per heavy atom. The molecule has 0 atom stereocenters. The minimum Gasteiger partial charge on any atom is -0.452 e. The van der Waals surface area contributed by atoms with E-state index in [9.17, 15) is 0 Å². The number of hydrogen-bond acceptors (Lipinski definition) is 5. The summed E-state index contributed by atoms with van der Waals surface area (Å²) < 4.78 is 9.14. The standard InChI is InChI=1S/C52H29N3OS/c1-4-17-35-30(12-1)26-27-37-36-20-9-14-31-15-10-22-41(46(31)36)55(50(35)37)42-29-33(28-32-13-2-3-16-34(32)42)52-53-48-38-18-5-7-23-43(38)56-51(48)49(54-52)40-21-11-25-45-47(40)39-19-6-8-24-44(39)57-45/h1-29H. The number of nitrogens with zero attached hydrogens (tertiary/aromatic N) is 3. The molecule has 57 heavy (non-hydrogen) atoms. The Balaban J connectivity index is 1.14. The lowest BCUT2D eigenvalue weighted by molar-refractivity contribution is 0.667. The lowest BCUT2D eigenvalue weighted by atomic mass is 9.88. The summed E-state index contributed by atoms with van der Waals surface area (Å²) in [5.41, 5.74) is 11.0. The van der Waals surface area contributed by atoms with E-state index in [1.54, 1.807) is 0 Å². The molecule has 13 rings (SSSR count). The fraction of sp³-hybridized carbons (Fsp3) is 0. The number of benzene rings is 9. The topological polar surface area (TPSA) is 42.2 Å². The maximum Gasteiger partial charge on any atom is 0.180 e. The van der Waals surface area contributed by atoms with Crippen LogP contribution in [-0.4, -0.2) is 9.97 Å². The number of rotatable bonds is 3. The summed E-state index contributed by atoms with van der Waals surface area (Å²) in [5.74, 6) is 0.654. The molecule has 5 heteroatoms. The van der Waals surface area contributed by atoms with Crippen LogP contribution in [0.1, 0.15) is 0 Å². The van der Waals surface area contributed by atoms with Crippen LogP contribution in [0, 0.1) is 0 Å². The lowest BCUT2D eigenvalue weighted by Crippen LogP contribution is -2.16. The van der Waals surface area contributed by atoms with Gasteiger partial charge in [-0.2, -0.15) is 0 Å². The summed E-state index contributed by atoms with van der Waals surface area (Å²) in [6, 6.07) is 63.2. The first-order valence-electron chi connectivity index (χ1n) is 19.2. The molecular weight excluding hydrogens is 715 g/mol. The third-order valence-electron chi connectivity index (χ3n) is 11.8. The SMILES string of the molecule is c1ccc2c(N3c4c(ccc5ccccc45)-c4cccc5cccc3c45)cc(-c3nc(-c4cccc5sc6ccccc6c45)c4oc5ccccc5c4n3)cc2c1. The van der Waals surface area contributed by atoms with Crippen molar-refractivity contribution in [2.45, 2.75) is 0 Å². The van der Waals surface area contributed by atoms with Gasteiger partial charge in [0.25, 0.3) is 0 Å². The number of thiophene rings is 1. The Hall–Kier alpha value is -7.34. The van der Waals surface area contributed by atoms with Crippen LogP contribution < -0.4 is 4.90 Å². The fourth-order valence-corrected chi connectivity index (χ4v) is 10.4. The highest BCUT2D eigenvalue weighted by Crippen LogP contribution is 2.55. The Morgan fingerprint density at radius 1 is 0.456 bits per heavy atom. The molecule has 264 valence electrons. The zero-order chi connectivity index (χ0) is 37.2. The third kappa shape index (κ3) is 4.37. The van der Waals surface area contributed by atoms with Crippen LogP contribution in [0.25, 0.3) is 108 Å². The highest BCUT2D eigenvalue weighted by molar-refractivity contribution is 7.25. The first-order chi connectivity index (χ1) is 28.3. The second-order valence-corrected chi connectivity index (χ2v) is 15.9. The van der Waals surface area contributed by atoms with E-state index < -0.39 is 0 Å². The van der Waals surface area contributed by atoms with Crippen molar-refractivity contribution in [2.24, 2.45) is 0 Å². The van der Waals surface area contributed by atoms with Crippen molar-refractivity contribution in [2.75, 3.05) is 4.90 Å². The molecule has 0 amide bonds. The van der Waals surface area contributed by atoms with Crippen LogP contribution in [0.3, 0.4) is 0 Å². The van der Waals surface area contributed by atoms with Crippen molar-refractivity contribution in [1.29, 1.82) is 0 Å². The van der Waals surface area contributed by atoms with Gasteiger partial charge in [-0.15, -0.1) is 11.3 Å². The highest BCUT2D eigenvalue weighted by Gasteiger charge is 2.30. The smallest absolute Gasteiger partial charge is 0.180 e. The Morgan fingerprint density at radius 2 is 1.16 bits per heavy atom. The van der Waals surface area contributed by atoms with E-state index in [4.69, 9.17) is 14.4 Å². The Kier molecular flexibility index (Phi) is 6.29. The van der Waals surface area contributed by atoms with Gasteiger partial charge in [0.1, 0.15) is 16.8 Å². The van der Waals surface area contributed by atoms with Crippen LogP contribution in [0.2, 0.25) is 0 Å². The van der Waals surface area contributed by atoms with Crippen LogP contribution in [0.4, 0.5) is 17.1 Å². The van der Waals surface area contributed by atoms with Crippen LogP contribution >= 0.6 is 11.3 Å². The Bertz CT molecular complexity index is 3670. The lowest BCUT2D eigenvalue weighted by Gasteiger charge is -2.35. The van der Waals surface area contributed by atoms with E-state index in [2.05, 4.69) is 169 Å². The van der Waals surface area contributed by atoms with Gasteiger partial charge in [0.15, 0.2) is 11.4 Å². The van der Waals surface area contributed by atoms with Gasteiger partial charge in [-0.25, -0.2) is 9.97 Å². The summed E-state index contributed by atoms with van der Waals surface area (Å²) in [6.07, 6.45) is 0. The van der Waals surface area contributed by atoms with E-state index >= 15 is 0 Å². The molecule has 1 aliphatic rings. The molecule has 3 aromatic heterocycles. The van der Waals surface area contributed by atoms with Crippen molar-refractivity contribution in [3.05, 3.63) is 176 Å². The summed E-state index contributed by atoms with van der Waals surface area (Å²) in [4.78, 5) is 13.4. The summed E-state index contributed by atoms with van der Waals surface area (Å²) in [6.45, 7) is 0. The number of furan rings is 1. The molecule has 0 fully saturated rings. The normalized spacial score (nSPS) is 12.5. The van der Waals surface area contributed by atoms with Crippen molar-refractivity contribution >= 4 is 103 Å². The van der Waals surface area contributed by atoms with Gasteiger partial charge in [0, 0.05) is 58.4 Å². The molecule has 0 spiro atoms. The highest BCUT2D eigenvalue weighted by atomic mass is 32.1. The van der Waals surface area contributed by atoms with E-state index in [0.717, 1.165) is 55.5 Å². The van der Waals surface area contributed by atoms with E-state index in [-0.39, 0.29) is 0 Å². The van der Waals surface area contributed by atoms with E-state index in [0.29, 0.717) is 11.4 Å². The molecule has 9 aromatic carbocycles. The molecule has 0 radical (unpaired) electrons. The molecule has 0 saturated carbocycles. The zero-order valence-corrected chi connectivity index (χ0v) is 31.2. The minimum atomic E-state index is 0.654. The van der Waals surface area contributed by atoms with Gasteiger partial charge < -0.3 is 9.32 Å². The van der Waals surface area contributed by atoms with Gasteiger partial charge in [0.2, 0.25) is 0 Å². The number of hydrogen-bond donors (Lipinski definition) is 0. The zero-order valence-electron chi connectivity index (χ0n) is 30.4. The molecule has 4 nitrogen and oxygen atoms in total. The van der Waals surface area contributed by atoms with Gasteiger partial charge in [-0.3, -0.25) is 0 Å². The van der Waals surface area contributed by atoms with E-state index in [1.807, 2.05) is 23.5 Å². The predicted octanol–water partition coefficient (Wildman–Crippen LogP) is 15.0. The van der Waals surface area contributed by atoms with Gasteiger partial charge >= 0.3 is 0 Å². The second kappa shape index (κ2) is 11.6. The van der Waals surface area contributed by atoms with Gasteiger partial charge in [-0.05, 0) is 64.2 Å². The largest absolute Gasteiger partial charge is 0.452 e. The first kappa shape index (κ1) is 30.9. The number of para-hydroxylation sites is 1. The van der Waals surface area contributed by atoms with Crippen molar-refractivity contribution < 1.29 is 4.42 Å². The molecule has 4 heterocycles. The summed E-state index contributed by atoms with van der Waals surface area (Å²) in [5, 5.41) is 10.5. The Labute approximate surface area is 330 Å². The molecule has 0 saturated heterocycles. The number of aromatic nitrogens is 2. The third-order valence-corrected chi connectivity index (χ3v) is 12.9. The van der Waals surface area contributed by atoms with Gasteiger partial charge in [0.05, 0.1) is 17.1 Å². The van der Waals surface area contributed by atoms with Gasteiger partial charge in [-0.1, -0.05) is 133 Å². The van der Waals surface area contributed by atoms with Crippen molar-refractivity contribution in [3.63, 3.8) is 0 Å². The maximum atomic E-state index is 6.67. The average molecular weight is 744 g/mol. The van der Waals surface area contributed by atoms with Crippen molar-refractivity contribution in [3.8, 4) is 33.8 Å². The monoisotopic (exact) mass is 743 g/mol. The molecular formula is C52H29N3OS. The quantitative estimate of drug-likeness (QED) is 0.181. The predicted molar refractivity (Wildman–Crippen MR) is 239 cm³/mol. The maximum absolute atomic E-state index is 6.67. The molecule has 0 bridgehead atoms. The average Bonchev–Trinajstić information content (AvgIpc) is 3.85. The summed E-state index contributed by atoms with van der Waals surface area (Å²) >= 11 is 1.81. The number of anilines is 3. The molecule has 12 aromatic rings. The first-order valence-corrected chi connectivity index (χ1v) is 20.1. The van der Waals surface area contributed by atoms with Crippen LogP contribution in [0.15, 0.2) is 180 Å². The minimum absolute atomic E-state index is 0.654. The van der Waals surface area contributed by atoms with Crippen LogP contribution in [-0.2, 0) is 0 Å². The molecule has 1 aliphatic heterocycles. The molecule has 0 aliphatic carbocycles. The molecule has 0 unspecified atom stereocenters. The molecule has 0 N–H and O–H groups in total. The second-order valence-electron chi connectivity index (χ2n) is 14.9. The fourth-order valence-electron chi connectivity index (χ4n) is 9.30. The summed E-state index contributed by atoms with van der Waals surface area (Å²) in [7, 11) is 0. The van der Waals surface area contributed by atoms with Crippen LogP contribution in [0.5, 0.6) is 0 Å². The van der Waals surface area contributed by atoms with E-state index in [1.165, 1.54) is 58.5 Å².